The van der Waals surface area contributed by atoms with E-state index in [9.17, 15) is 9.59 Å². The molecule has 1 aromatic heterocycles. The number of carbonyl (C=O) groups is 2. The van der Waals surface area contributed by atoms with Crippen molar-refractivity contribution in [3.8, 4) is 0 Å². The van der Waals surface area contributed by atoms with Gasteiger partial charge in [0.1, 0.15) is 0 Å². The van der Waals surface area contributed by atoms with Gasteiger partial charge in [-0.2, -0.15) is 0 Å². The molecule has 1 aromatic rings. The van der Waals surface area contributed by atoms with Gasteiger partial charge in [-0.25, -0.2) is 4.98 Å². The number of carbonyl (C=O) groups excluding carboxylic acids is 2. The van der Waals surface area contributed by atoms with Gasteiger partial charge in [-0.15, -0.1) is 11.3 Å². The van der Waals surface area contributed by atoms with E-state index < -0.39 is 0 Å². The highest BCUT2D eigenvalue weighted by atomic mass is 32.1. The van der Waals surface area contributed by atoms with Crippen LogP contribution in [0.25, 0.3) is 0 Å². The first kappa shape index (κ1) is 18.4. The molecule has 0 aromatic carbocycles. The molecule has 1 saturated carbocycles. The maximum atomic E-state index is 12.5. The number of nitrogens with zero attached hydrogens (tertiary/aromatic N) is 2. The maximum Gasteiger partial charge on any atom is 0.225 e. The summed E-state index contributed by atoms with van der Waals surface area (Å²) < 4.78 is 0. The van der Waals surface area contributed by atoms with Crippen LogP contribution in [0.4, 0.5) is 0 Å². The van der Waals surface area contributed by atoms with Gasteiger partial charge in [-0.1, -0.05) is 12.8 Å². The molecule has 2 amide bonds. The lowest BCUT2D eigenvalue weighted by molar-refractivity contribution is -0.139. The SMILES string of the molecule is Cc1nc(CCNC(=O)C2CCN(C(=O)C3CCCC3)CC2)sc1C. The first-order valence-corrected chi connectivity index (χ1v) is 10.4. The summed E-state index contributed by atoms with van der Waals surface area (Å²) in [5.74, 6) is 0.756. The highest BCUT2D eigenvalue weighted by Crippen LogP contribution is 2.28. The molecular formula is C19H29N3O2S. The van der Waals surface area contributed by atoms with Crippen LogP contribution in [0.5, 0.6) is 0 Å². The van der Waals surface area contributed by atoms with E-state index in [1.165, 1.54) is 17.7 Å². The number of aryl methyl sites for hydroxylation is 2. The van der Waals surface area contributed by atoms with Gasteiger partial charge >= 0.3 is 0 Å². The molecule has 0 spiro atoms. The minimum absolute atomic E-state index is 0.0485. The topological polar surface area (TPSA) is 62.3 Å². The van der Waals surface area contributed by atoms with E-state index in [4.69, 9.17) is 0 Å². The summed E-state index contributed by atoms with van der Waals surface area (Å²) in [6.45, 7) is 6.22. The second-order valence-electron chi connectivity index (χ2n) is 7.37. The first-order chi connectivity index (χ1) is 12.0. The van der Waals surface area contributed by atoms with Crippen LogP contribution in [0.3, 0.4) is 0 Å². The van der Waals surface area contributed by atoms with Crippen LogP contribution in [0.15, 0.2) is 0 Å². The molecule has 5 nitrogen and oxygen atoms in total. The van der Waals surface area contributed by atoms with Crippen molar-refractivity contribution in [3.05, 3.63) is 15.6 Å². The molecule has 138 valence electrons. The quantitative estimate of drug-likeness (QED) is 0.875. The number of likely N-dealkylation sites (tertiary alicyclic amines) is 1. The Morgan fingerprint density at radius 3 is 2.40 bits per heavy atom. The lowest BCUT2D eigenvalue weighted by Crippen LogP contribution is -2.45. The standard InChI is InChI=1S/C19H29N3O2S/c1-13-14(2)25-17(21-13)7-10-20-18(23)15-8-11-22(12-9-15)19(24)16-5-3-4-6-16/h15-16H,3-12H2,1-2H3,(H,20,23). The zero-order valence-electron chi connectivity index (χ0n) is 15.3. The minimum atomic E-state index is 0.0485. The fraction of sp³-hybridized carbons (Fsp3) is 0.737. The van der Waals surface area contributed by atoms with Crippen LogP contribution in [-0.4, -0.2) is 41.3 Å². The fourth-order valence-electron chi connectivity index (χ4n) is 3.88. The molecule has 0 atom stereocenters. The number of hydrogen-bond donors (Lipinski definition) is 1. The zero-order valence-corrected chi connectivity index (χ0v) is 16.2. The summed E-state index contributed by atoms with van der Waals surface area (Å²) in [5.41, 5.74) is 1.09. The molecule has 6 heteroatoms. The van der Waals surface area contributed by atoms with Crippen LogP contribution in [0.1, 0.15) is 54.1 Å². The third-order valence-corrected chi connectivity index (χ3v) is 6.73. The maximum absolute atomic E-state index is 12.5. The molecule has 1 aliphatic carbocycles. The molecule has 1 N–H and O–H groups in total. The number of piperidine rings is 1. The molecule has 0 bridgehead atoms. The second-order valence-corrected chi connectivity index (χ2v) is 8.66. The van der Waals surface area contributed by atoms with Gasteiger partial charge in [0, 0.05) is 42.8 Å². The van der Waals surface area contributed by atoms with E-state index in [1.807, 2.05) is 11.8 Å². The summed E-state index contributed by atoms with van der Waals surface area (Å²) in [4.78, 5) is 32.6. The number of aromatic nitrogens is 1. The van der Waals surface area contributed by atoms with Gasteiger partial charge in [0.25, 0.3) is 0 Å². The Labute approximate surface area is 154 Å². The Kier molecular flexibility index (Phi) is 6.10. The van der Waals surface area contributed by atoms with Crippen molar-refractivity contribution in [2.24, 2.45) is 11.8 Å². The largest absolute Gasteiger partial charge is 0.355 e. The summed E-state index contributed by atoms with van der Waals surface area (Å²) in [5, 5.41) is 4.14. The van der Waals surface area contributed by atoms with Crippen LogP contribution in [0.2, 0.25) is 0 Å². The third-order valence-electron chi connectivity index (χ3n) is 5.59. The second kappa shape index (κ2) is 8.30. The Hall–Kier alpha value is -1.43. The van der Waals surface area contributed by atoms with Crippen molar-refractivity contribution in [1.82, 2.24) is 15.2 Å². The number of nitrogens with one attached hydrogen (secondary N) is 1. The number of rotatable bonds is 5. The summed E-state index contributed by atoms with van der Waals surface area (Å²) in [7, 11) is 0. The molecular weight excluding hydrogens is 334 g/mol. The van der Waals surface area contributed by atoms with Gasteiger partial charge in [0.05, 0.1) is 10.7 Å². The van der Waals surface area contributed by atoms with Gasteiger partial charge in [-0.05, 0) is 39.5 Å². The number of amides is 2. The molecule has 0 radical (unpaired) electrons. The van der Waals surface area contributed by atoms with Crippen molar-refractivity contribution >= 4 is 23.2 Å². The van der Waals surface area contributed by atoms with Crippen LogP contribution < -0.4 is 5.32 Å². The Bertz CT molecular complexity index is 595. The van der Waals surface area contributed by atoms with Gasteiger partial charge in [0.15, 0.2) is 0 Å². The van der Waals surface area contributed by atoms with Crippen LogP contribution >= 0.6 is 11.3 Å². The molecule has 3 rings (SSSR count). The van der Waals surface area contributed by atoms with Crippen molar-refractivity contribution in [1.29, 1.82) is 0 Å². The molecule has 0 unspecified atom stereocenters. The van der Waals surface area contributed by atoms with Crippen molar-refractivity contribution in [2.45, 2.75) is 58.8 Å². The lowest BCUT2D eigenvalue weighted by atomic mass is 9.94. The summed E-state index contributed by atoms with van der Waals surface area (Å²) in [6.07, 6.45) is 6.86. The van der Waals surface area contributed by atoms with E-state index in [1.54, 1.807) is 11.3 Å². The summed E-state index contributed by atoms with van der Waals surface area (Å²) in [6, 6.07) is 0. The number of hydrogen-bond acceptors (Lipinski definition) is 4. The van der Waals surface area contributed by atoms with Gasteiger partial charge < -0.3 is 10.2 Å². The predicted octanol–water partition coefficient (Wildman–Crippen LogP) is 2.85. The molecule has 25 heavy (non-hydrogen) atoms. The Morgan fingerprint density at radius 2 is 1.80 bits per heavy atom. The molecule has 2 fully saturated rings. The number of thiazole rings is 1. The highest BCUT2D eigenvalue weighted by molar-refractivity contribution is 7.11. The predicted molar refractivity (Wildman–Crippen MR) is 99.6 cm³/mol. The smallest absolute Gasteiger partial charge is 0.225 e. The minimum Gasteiger partial charge on any atom is -0.355 e. The van der Waals surface area contributed by atoms with E-state index in [0.29, 0.717) is 12.5 Å². The first-order valence-electron chi connectivity index (χ1n) is 9.54. The molecule has 1 aliphatic heterocycles. The van der Waals surface area contributed by atoms with E-state index in [-0.39, 0.29) is 17.7 Å². The van der Waals surface area contributed by atoms with Gasteiger partial charge in [-0.3, -0.25) is 9.59 Å². The average molecular weight is 364 g/mol. The van der Waals surface area contributed by atoms with E-state index in [2.05, 4.69) is 17.2 Å². The van der Waals surface area contributed by atoms with Gasteiger partial charge in [0.2, 0.25) is 11.8 Å². The molecule has 2 aliphatic rings. The average Bonchev–Trinajstić information content (AvgIpc) is 3.25. The monoisotopic (exact) mass is 363 g/mol. The third kappa shape index (κ3) is 4.60. The summed E-state index contributed by atoms with van der Waals surface area (Å²) >= 11 is 1.71. The van der Waals surface area contributed by atoms with Crippen molar-refractivity contribution in [2.75, 3.05) is 19.6 Å². The van der Waals surface area contributed by atoms with E-state index in [0.717, 1.165) is 55.9 Å². The van der Waals surface area contributed by atoms with Crippen LogP contribution in [-0.2, 0) is 16.0 Å². The normalized spacial score (nSPS) is 19.4. The lowest BCUT2D eigenvalue weighted by Gasteiger charge is -2.33. The zero-order chi connectivity index (χ0) is 17.8. The van der Waals surface area contributed by atoms with E-state index >= 15 is 0 Å². The molecule has 2 heterocycles. The van der Waals surface area contributed by atoms with Crippen LogP contribution in [0, 0.1) is 25.7 Å². The highest BCUT2D eigenvalue weighted by Gasteiger charge is 2.31. The molecule has 1 saturated heterocycles. The fourth-order valence-corrected chi connectivity index (χ4v) is 4.81. The Balaban J connectivity index is 1.38. The Morgan fingerprint density at radius 1 is 1.12 bits per heavy atom. The van der Waals surface area contributed by atoms with Crippen molar-refractivity contribution in [3.63, 3.8) is 0 Å². The van der Waals surface area contributed by atoms with Crippen molar-refractivity contribution < 1.29 is 9.59 Å².